The average molecular weight is 432 g/mol. The summed E-state index contributed by atoms with van der Waals surface area (Å²) in [5.74, 6) is 0.00346. The number of amides is 1. The lowest BCUT2D eigenvalue weighted by Crippen LogP contribution is -2.28. The first kappa shape index (κ1) is 22.1. The van der Waals surface area contributed by atoms with E-state index in [1.807, 2.05) is 26.1 Å². The predicted molar refractivity (Wildman–Crippen MR) is 119 cm³/mol. The van der Waals surface area contributed by atoms with Crippen LogP contribution >= 0.6 is 0 Å². The van der Waals surface area contributed by atoms with Crippen LogP contribution in [0, 0.1) is 0 Å². The molecule has 1 aliphatic heterocycles. The monoisotopic (exact) mass is 431 g/mol. The van der Waals surface area contributed by atoms with Crippen LogP contribution in [0.1, 0.15) is 37.0 Å². The zero-order chi connectivity index (χ0) is 21.7. The fourth-order valence-electron chi connectivity index (χ4n) is 3.38. The van der Waals surface area contributed by atoms with Crippen molar-refractivity contribution in [2.75, 3.05) is 43.5 Å². The molecule has 2 aromatic carbocycles. The van der Waals surface area contributed by atoms with Crippen LogP contribution in [0.5, 0.6) is 5.75 Å². The van der Waals surface area contributed by atoms with Crippen LogP contribution in [-0.4, -0.2) is 51.9 Å². The summed E-state index contributed by atoms with van der Waals surface area (Å²) in [6, 6.07) is 12.0. The topological polar surface area (TPSA) is 79.0 Å². The molecule has 1 N–H and O–H groups in total. The van der Waals surface area contributed by atoms with Crippen molar-refractivity contribution < 1.29 is 17.9 Å². The quantitative estimate of drug-likeness (QED) is 0.691. The first-order valence-electron chi connectivity index (χ1n) is 10.3. The summed E-state index contributed by atoms with van der Waals surface area (Å²) in [7, 11) is -1.70. The number of hydrogen-bond donors (Lipinski definition) is 1. The number of nitrogens with zero attached hydrogens (tertiary/aromatic N) is 2. The van der Waals surface area contributed by atoms with Gasteiger partial charge in [0, 0.05) is 43.6 Å². The van der Waals surface area contributed by atoms with Crippen molar-refractivity contribution in [3.8, 4) is 5.75 Å². The number of carbonyl (C=O) groups is 1. The van der Waals surface area contributed by atoms with Crippen LogP contribution < -0.4 is 15.0 Å². The maximum atomic E-state index is 13.1. The molecule has 2 aromatic rings. The summed E-state index contributed by atoms with van der Waals surface area (Å²) in [5, 5.41) is 2.80. The van der Waals surface area contributed by atoms with Crippen molar-refractivity contribution in [3.63, 3.8) is 0 Å². The molecular weight excluding hydrogens is 402 g/mol. The number of ether oxygens (including phenoxy) is 1. The summed E-state index contributed by atoms with van der Waals surface area (Å²) < 4.78 is 33.2. The van der Waals surface area contributed by atoms with Gasteiger partial charge in [-0.2, -0.15) is 4.31 Å². The van der Waals surface area contributed by atoms with Gasteiger partial charge in [0.15, 0.2) is 0 Å². The Labute approximate surface area is 178 Å². The molecule has 8 heteroatoms. The largest absolute Gasteiger partial charge is 0.492 e. The Balaban J connectivity index is 1.85. The number of rotatable bonds is 8. The van der Waals surface area contributed by atoms with Crippen LogP contribution in [0.2, 0.25) is 0 Å². The van der Waals surface area contributed by atoms with Gasteiger partial charge in [0.2, 0.25) is 10.0 Å². The number of sulfonamides is 1. The molecular formula is C22H29N3O4S. The Kier molecular flexibility index (Phi) is 6.99. The van der Waals surface area contributed by atoms with Crippen LogP contribution in [-0.2, 0) is 10.0 Å². The Morgan fingerprint density at radius 1 is 1.10 bits per heavy atom. The smallest absolute Gasteiger partial charge is 0.255 e. The van der Waals surface area contributed by atoms with Crippen molar-refractivity contribution in [1.29, 1.82) is 0 Å². The van der Waals surface area contributed by atoms with E-state index in [2.05, 4.69) is 17.1 Å². The standard InChI is InChI=1S/C22H29N3O4S/c1-4-24(3)19-11-8-17(9-12-19)22(26)23-18-10-13-20(29-5-2)21(16-18)30(27,28)25-14-6-7-15-25/h8-13,16H,4-7,14-15H2,1-3H3,(H,23,26). The number of hydrogen-bond acceptors (Lipinski definition) is 5. The van der Waals surface area contributed by atoms with Gasteiger partial charge in [0.25, 0.3) is 5.91 Å². The molecule has 0 spiro atoms. The molecule has 7 nitrogen and oxygen atoms in total. The van der Waals surface area contributed by atoms with Gasteiger partial charge in [0.05, 0.1) is 6.61 Å². The second-order valence-electron chi connectivity index (χ2n) is 7.22. The average Bonchev–Trinajstić information content (AvgIpc) is 3.30. The summed E-state index contributed by atoms with van der Waals surface area (Å²) in [6.45, 7) is 6.09. The third-order valence-electron chi connectivity index (χ3n) is 5.23. The minimum Gasteiger partial charge on any atom is -0.492 e. The van der Waals surface area contributed by atoms with E-state index in [1.165, 1.54) is 10.4 Å². The van der Waals surface area contributed by atoms with E-state index in [1.54, 1.807) is 24.3 Å². The molecule has 1 saturated heterocycles. The van der Waals surface area contributed by atoms with E-state index in [0.717, 1.165) is 25.1 Å². The SMILES string of the molecule is CCOc1ccc(NC(=O)c2ccc(N(C)CC)cc2)cc1S(=O)(=O)N1CCCC1. The minimum atomic E-state index is -3.68. The van der Waals surface area contributed by atoms with E-state index in [4.69, 9.17) is 4.74 Å². The first-order chi connectivity index (χ1) is 14.4. The van der Waals surface area contributed by atoms with E-state index < -0.39 is 10.0 Å². The van der Waals surface area contributed by atoms with Gasteiger partial charge >= 0.3 is 0 Å². The zero-order valence-corrected chi connectivity index (χ0v) is 18.5. The molecule has 0 bridgehead atoms. The summed E-state index contributed by atoms with van der Waals surface area (Å²) >= 11 is 0. The maximum absolute atomic E-state index is 13.1. The molecule has 1 amide bonds. The van der Waals surface area contributed by atoms with Gasteiger partial charge in [-0.1, -0.05) is 0 Å². The van der Waals surface area contributed by atoms with Gasteiger partial charge in [-0.05, 0) is 69.2 Å². The lowest BCUT2D eigenvalue weighted by atomic mass is 10.1. The summed E-state index contributed by atoms with van der Waals surface area (Å²) in [4.78, 5) is 14.8. The Bertz CT molecular complexity index is 984. The molecule has 0 atom stereocenters. The number of carbonyl (C=O) groups excluding carboxylic acids is 1. The fourth-order valence-corrected chi connectivity index (χ4v) is 5.06. The van der Waals surface area contributed by atoms with E-state index in [9.17, 15) is 13.2 Å². The number of nitrogens with one attached hydrogen (secondary N) is 1. The second kappa shape index (κ2) is 9.49. The predicted octanol–water partition coefficient (Wildman–Crippen LogP) is 3.58. The van der Waals surface area contributed by atoms with Gasteiger partial charge in [-0.25, -0.2) is 8.42 Å². The normalized spacial score (nSPS) is 14.5. The van der Waals surface area contributed by atoms with Crippen molar-refractivity contribution in [1.82, 2.24) is 4.31 Å². The summed E-state index contributed by atoms with van der Waals surface area (Å²) in [5.41, 5.74) is 1.94. The molecule has 0 unspecified atom stereocenters. The van der Waals surface area contributed by atoms with Crippen molar-refractivity contribution in [2.45, 2.75) is 31.6 Å². The van der Waals surface area contributed by atoms with E-state index >= 15 is 0 Å². The highest BCUT2D eigenvalue weighted by molar-refractivity contribution is 7.89. The van der Waals surface area contributed by atoms with Crippen molar-refractivity contribution in [3.05, 3.63) is 48.0 Å². The molecule has 0 radical (unpaired) electrons. The zero-order valence-electron chi connectivity index (χ0n) is 17.7. The van der Waals surface area contributed by atoms with E-state index in [-0.39, 0.29) is 10.8 Å². The van der Waals surface area contributed by atoms with Crippen LogP contribution in [0.4, 0.5) is 11.4 Å². The van der Waals surface area contributed by atoms with Crippen LogP contribution in [0.25, 0.3) is 0 Å². The third-order valence-corrected chi connectivity index (χ3v) is 7.15. The van der Waals surface area contributed by atoms with Gasteiger partial charge in [-0.3, -0.25) is 4.79 Å². The van der Waals surface area contributed by atoms with Crippen LogP contribution in [0.3, 0.4) is 0 Å². The van der Waals surface area contributed by atoms with Gasteiger partial charge < -0.3 is 15.0 Å². The minimum absolute atomic E-state index is 0.0870. The third kappa shape index (κ3) is 4.76. The first-order valence-corrected chi connectivity index (χ1v) is 11.7. The van der Waals surface area contributed by atoms with Gasteiger partial charge in [-0.15, -0.1) is 0 Å². The highest BCUT2D eigenvalue weighted by Crippen LogP contribution is 2.32. The molecule has 3 rings (SSSR count). The molecule has 1 fully saturated rings. The van der Waals surface area contributed by atoms with Crippen molar-refractivity contribution in [2.24, 2.45) is 0 Å². The Morgan fingerprint density at radius 3 is 2.37 bits per heavy atom. The highest BCUT2D eigenvalue weighted by Gasteiger charge is 2.30. The van der Waals surface area contributed by atoms with Crippen molar-refractivity contribution >= 4 is 27.3 Å². The lowest BCUT2D eigenvalue weighted by molar-refractivity contribution is 0.102. The fraction of sp³-hybridized carbons (Fsp3) is 0.409. The molecule has 0 aromatic heterocycles. The molecule has 162 valence electrons. The number of benzene rings is 2. The lowest BCUT2D eigenvalue weighted by Gasteiger charge is -2.19. The molecule has 30 heavy (non-hydrogen) atoms. The Hall–Kier alpha value is -2.58. The molecule has 1 heterocycles. The van der Waals surface area contributed by atoms with Gasteiger partial charge in [0.1, 0.15) is 10.6 Å². The molecule has 0 saturated carbocycles. The highest BCUT2D eigenvalue weighted by atomic mass is 32.2. The summed E-state index contributed by atoms with van der Waals surface area (Å²) in [6.07, 6.45) is 1.70. The van der Waals surface area contributed by atoms with E-state index in [0.29, 0.717) is 36.7 Å². The second-order valence-corrected chi connectivity index (χ2v) is 9.13. The maximum Gasteiger partial charge on any atom is 0.255 e. The number of anilines is 2. The van der Waals surface area contributed by atoms with Crippen LogP contribution in [0.15, 0.2) is 47.4 Å². The Morgan fingerprint density at radius 2 is 1.77 bits per heavy atom. The molecule has 0 aliphatic carbocycles. The molecule has 1 aliphatic rings.